The molecule has 1 heterocycles. The fourth-order valence-corrected chi connectivity index (χ4v) is 2.63. The molecule has 3 aromatic rings. The molecule has 130 valence electrons. The summed E-state index contributed by atoms with van der Waals surface area (Å²) in [7, 11) is 0. The summed E-state index contributed by atoms with van der Waals surface area (Å²) in [6.45, 7) is 3.34. The number of hydrogen-bond donors (Lipinski definition) is 1. The highest BCUT2D eigenvalue weighted by Crippen LogP contribution is 2.27. The van der Waals surface area contributed by atoms with Crippen molar-refractivity contribution in [2.45, 2.75) is 26.2 Å². The van der Waals surface area contributed by atoms with Gasteiger partial charge in [0.15, 0.2) is 11.5 Å². The van der Waals surface area contributed by atoms with Gasteiger partial charge >= 0.3 is 0 Å². The molecule has 0 saturated heterocycles. The molecule has 5 nitrogen and oxygen atoms in total. The number of para-hydroxylation sites is 3. The average molecular weight is 337 g/mol. The van der Waals surface area contributed by atoms with E-state index in [-0.39, 0.29) is 5.95 Å². The summed E-state index contributed by atoms with van der Waals surface area (Å²) in [5, 5.41) is 1.01. The van der Waals surface area contributed by atoms with Gasteiger partial charge in [0.05, 0.1) is 24.4 Å². The second-order valence-corrected chi connectivity index (χ2v) is 5.79. The first-order chi connectivity index (χ1) is 12.3. The fourth-order valence-electron chi connectivity index (χ4n) is 2.63. The maximum Gasteiger partial charge on any atom is 0.220 e. The third-order valence-electron chi connectivity index (χ3n) is 3.90. The van der Waals surface area contributed by atoms with Gasteiger partial charge in [-0.25, -0.2) is 9.97 Å². The minimum Gasteiger partial charge on any atom is -0.490 e. The Kier molecular flexibility index (Phi) is 5.67. The lowest BCUT2D eigenvalue weighted by molar-refractivity contribution is 0.266. The molecule has 0 spiro atoms. The number of anilines is 1. The van der Waals surface area contributed by atoms with E-state index < -0.39 is 0 Å². The molecule has 0 aliphatic rings. The van der Waals surface area contributed by atoms with Gasteiger partial charge in [0.2, 0.25) is 5.95 Å². The summed E-state index contributed by atoms with van der Waals surface area (Å²) in [5.74, 6) is 1.82. The van der Waals surface area contributed by atoms with Crippen molar-refractivity contribution in [3.8, 4) is 11.5 Å². The molecule has 5 heteroatoms. The Morgan fingerprint density at radius 1 is 0.880 bits per heavy atom. The number of fused-ring (bicyclic) bond motifs is 1. The van der Waals surface area contributed by atoms with E-state index >= 15 is 0 Å². The Hall–Kier alpha value is -2.82. The van der Waals surface area contributed by atoms with Gasteiger partial charge in [-0.2, -0.15) is 0 Å². The van der Waals surface area contributed by atoms with Crippen molar-refractivity contribution in [2.75, 3.05) is 18.9 Å². The summed E-state index contributed by atoms with van der Waals surface area (Å²) in [6.07, 6.45) is 2.78. The van der Waals surface area contributed by atoms with Crippen LogP contribution in [0.3, 0.4) is 0 Å². The summed E-state index contributed by atoms with van der Waals surface area (Å²) < 4.78 is 11.7. The molecule has 0 atom stereocenters. The molecule has 0 saturated carbocycles. The number of nitrogen functional groups attached to an aromatic ring is 1. The van der Waals surface area contributed by atoms with Crippen LogP contribution in [-0.2, 0) is 6.42 Å². The number of hydrogen-bond acceptors (Lipinski definition) is 5. The van der Waals surface area contributed by atoms with Crippen molar-refractivity contribution in [1.82, 2.24) is 9.97 Å². The van der Waals surface area contributed by atoms with Crippen molar-refractivity contribution < 1.29 is 9.47 Å². The van der Waals surface area contributed by atoms with Crippen LogP contribution in [-0.4, -0.2) is 23.2 Å². The van der Waals surface area contributed by atoms with E-state index in [2.05, 4.69) is 16.9 Å². The van der Waals surface area contributed by atoms with Crippen LogP contribution < -0.4 is 15.2 Å². The van der Waals surface area contributed by atoms with Crippen LogP contribution in [0.5, 0.6) is 11.5 Å². The van der Waals surface area contributed by atoms with Gasteiger partial charge in [-0.05, 0) is 24.6 Å². The first-order valence-corrected chi connectivity index (χ1v) is 8.63. The zero-order valence-corrected chi connectivity index (χ0v) is 14.4. The van der Waals surface area contributed by atoms with Gasteiger partial charge in [-0.3, -0.25) is 0 Å². The van der Waals surface area contributed by atoms with Crippen LogP contribution in [0.1, 0.15) is 25.5 Å². The van der Waals surface area contributed by atoms with Crippen molar-refractivity contribution >= 4 is 16.9 Å². The minimum absolute atomic E-state index is 0.289. The molecule has 0 aliphatic heterocycles. The SMILES string of the molecule is CCCCOc1ccccc1OCCc1nc(N)nc2ccccc12. The van der Waals surface area contributed by atoms with Crippen LogP contribution in [0.25, 0.3) is 10.9 Å². The van der Waals surface area contributed by atoms with Gasteiger partial charge in [0.25, 0.3) is 0 Å². The lowest BCUT2D eigenvalue weighted by atomic mass is 10.1. The van der Waals surface area contributed by atoms with Crippen molar-refractivity contribution in [2.24, 2.45) is 0 Å². The summed E-state index contributed by atoms with van der Waals surface area (Å²) >= 11 is 0. The third-order valence-corrected chi connectivity index (χ3v) is 3.90. The largest absolute Gasteiger partial charge is 0.490 e. The first kappa shape index (κ1) is 17.0. The average Bonchev–Trinajstić information content (AvgIpc) is 2.63. The summed E-state index contributed by atoms with van der Waals surface area (Å²) in [6, 6.07) is 15.6. The second-order valence-electron chi connectivity index (χ2n) is 5.79. The van der Waals surface area contributed by atoms with Crippen molar-refractivity contribution in [3.63, 3.8) is 0 Å². The van der Waals surface area contributed by atoms with Gasteiger partial charge in [0, 0.05) is 11.8 Å². The smallest absolute Gasteiger partial charge is 0.220 e. The molecule has 0 fully saturated rings. The maximum atomic E-state index is 5.93. The quantitative estimate of drug-likeness (QED) is 0.629. The number of nitrogens with two attached hydrogens (primary N) is 1. The summed E-state index contributed by atoms with van der Waals surface area (Å²) in [4.78, 5) is 8.64. The zero-order chi connectivity index (χ0) is 17.5. The Balaban J connectivity index is 1.68. The Labute approximate surface area is 147 Å². The fraction of sp³-hybridized carbons (Fsp3) is 0.300. The number of nitrogens with zero attached hydrogens (tertiary/aromatic N) is 2. The van der Waals surface area contributed by atoms with E-state index in [1.165, 1.54) is 0 Å². The van der Waals surface area contributed by atoms with E-state index in [0.29, 0.717) is 19.6 Å². The zero-order valence-electron chi connectivity index (χ0n) is 14.4. The molecule has 0 radical (unpaired) electrons. The van der Waals surface area contributed by atoms with Crippen molar-refractivity contribution in [1.29, 1.82) is 0 Å². The van der Waals surface area contributed by atoms with Crippen LogP contribution in [0.4, 0.5) is 5.95 Å². The molecule has 0 amide bonds. The molecule has 0 aliphatic carbocycles. The lowest BCUT2D eigenvalue weighted by Crippen LogP contribution is -2.07. The number of aromatic nitrogens is 2. The minimum atomic E-state index is 0.289. The van der Waals surface area contributed by atoms with Gasteiger partial charge < -0.3 is 15.2 Å². The topological polar surface area (TPSA) is 70.3 Å². The number of unbranched alkanes of at least 4 members (excludes halogenated alkanes) is 1. The molecule has 0 bridgehead atoms. The predicted octanol–water partition coefficient (Wildman–Crippen LogP) is 4.01. The highest BCUT2D eigenvalue weighted by atomic mass is 16.5. The molecule has 0 unspecified atom stereocenters. The molecule has 3 rings (SSSR count). The molecule has 25 heavy (non-hydrogen) atoms. The Morgan fingerprint density at radius 2 is 1.56 bits per heavy atom. The van der Waals surface area contributed by atoms with E-state index in [4.69, 9.17) is 15.2 Å². The number of benzene rings is 2. The molecule has 1 aromatic heterocycles. The molecule has 2 aromatic carbocycles. The van der Waals surface area contributed by atoms with Crippen molar-refractivity contribution in [3.05, 3.63) is 54.2 Å². The van der Waals surface area contributed by atoms with Crippen LogP contribution in [0.15, 0.2) is 48.5 Å². The summed E-state index contributed by atoms with van der Waals surface area (Å²) in [5.41, 5.74) is 7.57. The highest BCUT2D eigenvalue weighted by Gasteiger charge is 2.08. The van der Waals surface area contributed by atoms with Crippen LogP contribution >= 0.6 is 0 Å². The normalized spacial score (nSPS) is 10.8. The van der Waals surface area contributed by atoms with Gasteiger partial charge in [-0.1, -0.05) is 43.7 Å². The van der Waals surface area contributed by atoms with Gasteiger partial charge in [0.1, 0.15) is 0 Å². The highest BCUT2D eigenvalue weighted by molar-refractivity contribution is 5.81. The van der Waals surface area contributed by atoms with Crippen LogP contribution in [0.2, 0.25) is 0 Å². The van der Waals surface area contributed by atoms with E-state index in [9.17, 15) is 0 Å². The number of ether oxygens (including phenoxy) is 2. The Morgan fingerprint density at radius 3 is 2.32 bits per heavy atom. The molecule has 2 N–H and O–H groups in total. The third kappa shape index (κ3) is 4.38. The standard InChI is InChI=1S/C20H23N3O2/c1-2-3-13-24-18-10-6-7-11-19(18)25-14-12-17-15-8-4-5-9-16(15)22-20(21)23-17/h4-11H,2-3,12-14H2,1H3,(H2,21,22,23). The maximum absolute atomic E-state index is 5.93. The van der Waals surface area contributed by atoms with E-state index in [1.54, 1.807) is 0 Å². The van der Waals surface area contributed by atoms with Crippen LogP contribution in [0, 0.1) is 0 Å². The number of rotatable bonds is 8. The molecular weight excluding hydrogens is 314 g/mol. The lowest BCUT2D eigenvalue weighted by Gasteiger charge is -2.13. The van der Waals surface area contributed by atoms with Gasteiger partial charge in [-0.15, -0.1) is 0 Å². The van der Waals surface area contributed by atoms with E-state index in [1.807, 2.05) is 48.5 Å². The molecular formula is C20H23N3O2. The second kappa shape index (κ2) is 8.33. The first-order valence-electron chi connectivity index (χ1n) is 8.63. The monoisotopic (exact) mass is 337 g/mol. The predicted molar refractivity (Wildman–Crippen MR) is 100.0 cm³/mol. The van der Waals surface area contributed by atoms with E-state index in [0.717, 1.165) is 40.9 Å². The Bertz CT molecular complexity index is 836.